The molecule has 1 aromatic carbocycles. The molecule has 0 bridgehead atoms. The molecule has 0 spiro atoms. The fraction of sp³-hybridized carbons (Fsp3) is 0.200. The smallest absolute Gasteiger partial charge is 0.328 e. The molecule has 0 fully saturated rings. The Bertz CT molecular complexity index is 452. The Kier molecular flexibility index (Phi) is 4.59. The van der Waals surface area contributed by atoms with Gasteiger partial charge in [0.15, 0.2) is 6.04 Å². The molecular weight excluding hydrogens is 297 g/mol. The lowest BCUT2D eigenvalue weighted by atomic mass is 10.2. The number of amides is 1. The van der Waals surface area contributed by atoms with Crippen LogP contribution in [0.5, 0.6) is 0 Å². The van der Waals surface area contributed by atoms with Crippen LogP contribution in [0.25, 0.3) is 0 Å². The van der Waals surface area contributed by atoms with Gasteiger partial charge in [0.05, 0.1) is 16.6 Å². The number of aliphatic hydroxyl groups excluding tert-OH is 1. The molecule has 0 saturated heterocycles. The van der Waals surface area contributed by atoms with Gasteiger partial charge in [-0.25, -0.2) is 9.18 Å². The highest BCUT2D eigenvalue weighted by Crippen LogP contribution is 2.20. The number of rotatable bonds is 4. The Morgan fingerprint density at radius 1 is 1.47 bits per heavy atom. The molecule has 1 rings (SSSR count). The second-order valence-electron chi connectivity index (χ2n) is 3.15. The van der Waals surface area contributed by atoms with Crippen molar-refractivity contribution in [3.05, 3.63) is 34.1 Å². The third-order valence-corrected chi connectivity index (χ3v) is 2.79. The van der Waals surface area contributed by atoms with Crippen LogP contribution in [0.3, 0.4) is 0 Å². The first-order chi connectivity index (χ1) is 7.97. The minimum absolute atomic E-state index is 0.0373. The molecule has 0 aliphatic heterocycles. The van der Waals surface area contributed by atoms with E-state index in [0.717, 1.165) is 6.07 Å². The topological polar surface area (TPSA) is 86.6 Å². The average molecular weight is 306 g/mol. The Labute approximate surface area is 104 Å². The number of carbonyl (C=O) groups excluding carboxylic acids is 1. The zero-order valence-electron chi connectivity index (χ0n) is 8.48. The van der Waals surface area contributed by atoms with E-state index in [1.807, 2.05) is 0 Å². The molecule has 92 valence electrons. The van der Waals surface area contributed by atoms with Crippen molar-refractivity contribution in [2.45, 2.75) is 6.04 Å². The summed E-state index contributed by atoms with van der Waals surface area (Å²) in [5, 5.41) is 19.4. The lowest BCUT2D eigenvalue weighted by Gasteiger charge is -2.12. The third-order valence-electron chi connectivity index (χ3n) is 1.98. The van der Waals surface area contributed by atoms with Crippen LogP contribution >= 0.6 is 15.9 Å². The fourth-order valence-electron chi connectivity index (χ4n) is 1.10. The van der Waals surface area contributed by atoms with Crippen molar-refractivity contribution in [3.63, 3.8) is 0 Å². The lowest BCUT2D eigenvalue weighted by molar-refractivity contribution is -0.140. The van der Waals surface area contributed by atoms with Crippen molar-refractivity contribution in [2.75, 3.05) is 6.61 Å². The zero-order valence-corrected chi connectivity index (χ0v) is 10.1. The highest BCUT2D eigenvalue weighted by molar-refractivity contribution is 9.10. The fourth-order valence-corrected chi connectivity index (χ4v) is 1.55. The van der Waals surface area contributed by atoms with E-state index in [0.29, 0.717) is 0 Å². The number of carboxylic acids is 1. The molecule has 1 amide bonds. The highest BCUT2D eigenvalue weighted by atomic mass is 79.9. The second-order valence-corrected chi connectivity index (χ2v) is 3.94. The Hall–Kier alpha value is -1.47. The summed E-state index contributed by atoms with van der Waals surface area (Å²) in [5.41, 5.74) is -0.0373. The van der Waals surface area contributed by atoms with Gasteiger partial charge in [0.2, 0.25) is 0 Å². The first-order valence-electron chi connectivity index (χ1n) is 4.56. The van der Waals surface area contributed by atoms with Crippen molar-refractivity contribution < 1.29 is 24.2 Å². The predicted molar refractivity (Wildman–Crippen MR) is 60.1 cm³/mol. The molecule has 1 atom stereocenters. The number of nitrogens with one attached hydrogen (secondary N) is 1. The van der Waals surface area contributed by atoms with Gasteiger partial charge in [-0.1, -0.05) is 6.07 Å². The number of halogens is 2. The van der Waals surface area contributed by atoms with E-state index in [2.05, 4.69) is 21.2 Å². The summed E-state index contributed by atoms with van der Waals surface area (Å²) in [4.78, 5) is 22.2. The van der Waals surface area contributed by atoms with E-state index < -0.39 is 30.3 Å². The molecule has 1 aromatic rings. The second kappa shape index (κ2) is 5.74. The van der Waals surface area contributed by atoms with Crippen LogP contribution in [-0.2, 0) is 4.79 Å². The van der Waals surface area contributed by atoms with Crippen molar-refractivity contribution >= 4 is 27.8 Å². The van der Waals surface area contributed by atoms with Gasteiger partial charge in [0.1, 0.15) is 5.82 Å². The van der Waals surface area contributed by atoms with Gasteiger partial charge in [0, 0.05) is 0 Å². The number of benzene rings is 1. The number of aliphatic hydroxyl groups is 1. The summed E-state index contributed by atoms with van der Waals surface area (Å²) < 4.78 is 13.1. The van der Waals surface area contributed by atoms with Gasteiger partial charge >= 0.3 is 5.97 Å². The molecule has 0 aromatic heterocycles. The summed E-state index contributed by atoms with van der Waals surface area (Å²) in [6.07, 6.45) is 0. The summed E-state index contributed by atoms with van der Waals surface area (Å²) in [7, 11) is 0. The van der Waals surface area contributed by atoms with E-state index in [1.165, 1.54) is 12.1 Å². The molecule has 5 nitrogen and oxygen atoms in total. The van der Waals surface area contributed by atoms with Gasteiger partial charge < -0.3 is 15.5 Å². The number of carbonyl (C=O) groups is 2. The van der Waals surface area contributed by atoms with Gasteiger partial charge in [-0.2, -0.15) is 0 Å². The van der Waals surface area contributed by atoms with E-state index in [9.17, 15) is 14.0 Å². The normalized spacial score (nSPS) is 11.9. The zero-order chi connectivity index (χ0) is 13.0. The van der Waals surface area contributed by atoms with Crippen molar-refractivity contribution in [1.29, 1.82) is 0 Å². The Morgan fingerprint density at radius 2 is 2.12 bits per heavy atom. The van der Waals surface area contributed by atoms with E-state index in [-0.39, 0.29) is 10.0 Å². The average Bonchev–Trinajstić information content (AvgIpc) is 2.28. The molecule has 1 unspecified atom stereocenters. The summed E-state index contributed by atoms with van der Waals surface area (Å²) in [5.74, 6) is -2.78. The molecule has 0 aliphatic carbocycles. The van der Waals surface area contributed by atoms with Crippen molar-refractivity contribution in [3.8, 4) is 0 Å². The molecule has 3 N–H and O–H groups in total. The molecule has 0 radical (unpaired) electrons. The number of hydrogen-bond donors (Lipinski definition) is 3. The van der Waals surface area contributed by atoms with Gasteiger partial charge in [-0.3, -0.25) is 4.79 Å². The van der Waals surface area contributed by atoms with Gasteiger partial charge in [-0.05, 0) is 28.1 Å². The monoisotopic (exact) mass is 305 g/mol. The molecule has 0 saturated carbocycles. The van der Waals surface area contributed by atoms with Crippen LogP contribution in [-0.4, -0.2) is 34.7 Å². The van der Waals surface area contributed by atoms with Crippen LogP contribution in [0.1, 0.15) is 10.4 Å². The summed E-state index contributed by atoms with van der Waals surface area (Å²) >= 11 is 2.88. The van der Waals surface area contributed by atoms with E-state index in [4.69, 9.17) is 10.2 Å². The maximum atomic E-state index is 13.1. The molecule has 0 heterocycles. The molecule has 7 heteroatoms. The maximum Gasteiger partial charge on any atom is 0.328 e. The van der Waals surface area contributed by atoms with E-state index >= 15 is 0 Å². The molecular formula is C10H9BrFNO4. The van der Waals surface area contributed by atoms with Crippen LogP contribution in [0, 0.1) is 5.82 Å². The Morgan fingerprint density at radius 3 is 2.65 bits per heavy atom. The predicted octanol–water partition coefficient (Wildman–Crippen LogP) is 0.764. The molecule has 17 heavy (non-hydrogen) atoms. The number of carboxylic acid groups (broad SMARTS) is 1. The van der Waals surface area contributed by atoms with Crippen molar-refractivity contribution in [1.82, 2.24) is 5.32 Å². The minimum Gasteiger partial charge on any atom is -0.480 e. The largest absolute Gasteiger partial charge is 0.480 e. The maximum absolute atomic E-state index is 13.1. The first-order valence-corrected chi connectivity index (χ1v) is 5.35. The summed E-state index contributed by atoms with van der Waals surface area (Å²) in [6.45, 7) is -0.742. The number of aliphatic carboxylic acids is 1. The van der Waals surface area contributed by atoms with Crippen LogP contribution in [0.15, 0.2) is 22.7 Å². The van der Waals surface area contributed by atoms with Crippen molar-refractivity contribution in [2.24, 2.45) is 0 Å². The van der Waals surface area contributed by atoms with Crippen LogP contribution in [0.4, 0.5) is 4.39 Å². The first kappa shape index (κ1) is 13.6. The quantitative estimate of drug-likeness (QED) is 0.766. The molecule has 0 aliphatic rings. The number of hydrogen-bond acceptors (Lipinski definition) is 3. The SMILES string of the molecule is O=C(NC(CO)C(=O)O)c1cccc(F)c1Br. The van der Waals surface area contributed by atoms with Crippen LogP contribution in [0.2, 0.25) is 0 Å². The van der Waals surface area contributed by atoms with Crippen LogP contribution < -0.4 is 5.32 Å². The minimum atomic E-state index is -1.42. The lowest BCUT2D eigenvalue weighted by Crippen LogP contribution is -2.43. The van der Waals surface area contributed by atoms with Gasteiger partial charge in [0.25, 0.3) is 5.91 Å². The van der Waals surface area contributed by atoms with E-state index in [1.54, 1.807) is 0 Å². The standard InChI is InChI=1S/C10H9BrFNO4/c11-8-5(2-1-3-6(8)12)9(15)13-7(4-14)10(16)17/h1-3,7,14H,4H2,(H,13,15)(H,16,17). The Balaban J connectivity index is 2.90. The highest BCUT2D eigenvalue weighted by Gasteiger charge is 2.21. The summed E-state index contributed by atoms with van der Waals surface area (Å²) in [6, 6.07) is 2.39. The third kappa shape index (κ3) is 3.24. The van der Waals surface area contributed by atoms with Gasteiger partial charge in [-0.15, -0.1) is 0 Å².